The molecule has 4 atom stereocenters. The highest BCUT2D eigenvalue weighted by atomic mass is 31.2. The summed E-state index contributed by atoms with van der Waals surface area (Å²) in [5.41, 5.74) is 0. The molecule has 1 fully saturated rings. The minimum atomic E-state index is -5.52. The SMILES string of the molecule is O=P(O)(O)OC1C(OCCCCCCO)C(OCCCCCCO)C(OCCCCCCO)C(OP(=O)(O)O)C1OP(=O)(O)O. The first kappa shape index (κ1) is 43.1. The minimum Gasteiger partial charge on any atom is -0.396 e. The van der Waals surface area contributed by atoms with Gasteiger partial charge in [-0.2, -0.15) is 0 Å². The van der Waals surface area contributed by atoms with Crippen molar-refractivity contribution in [1.29, 1.82) is 0 Å². The minimum absolute atomic E-state index is 0.00189. The first-order valence-corrected chi connectivity index (χ1v) is 19.6. The first-order chi connectivity index (χ1) is 21.1. The molecule has 4 unspecified atom stereocenters. The lowest BCUT2D eigenvalue weighted by atomic mass is 9.84. The molecular formula is C24H51O18P3. The molecule has 0 aromatic rings. The number of phosphoric acid groups is 3. The number of hydrogen-bond acceptors (Lipinski definition) is 12. The fourth-order valence-corrected chi connectivity index (χ4v) is 6.56. The summed E-state index contributed by atoms with van der Waals surface area (Å²) in [5, 5.41) is 27.1. The zero-order valence-corrected chi connectivity index (χ0v) is 27.9. The molecule has 1 aliphatic carbocycles. The maximum atomic E-state index is 12.1. The van der Waals surface area contributed by atoms with Crippen LogP contribution in [0, 0.1) is 0 Å². The molecular weight excluding hydrogens is 669 g/mol. The monoisotopic (exact) mass is 720 g/mol. The number of ether oxygens (including phenoxy) is 3. The third-order valence-corrected chi connectivity index (χ3v) is 8.36. The van der Waals surface area contributed by atoms with Crippen LogP contribution in [-0.4, -0.2) is 121 Å². The summed E-state index contributed by atoms with van der Waals surface area (Å²) < 4.78 is 68.8. The van der Waals surface area contributed by atoms with E-state index in [1.54, 1.807) is 0 Å². The van der Waals surface area contributed by atoms with Gasteiger partial charge in [0.15, 0.2) is 0 Å². The number of hydrogen-bond donors (Lipinski definition) is 9. The van der Waals surface area contributed by atoms with Crippen LogP contribution in [0.3, 0.4) is 0 Å². The van der Waals surface area contributed by atoms with E-state index >= 15 is 0 Å². The number of aliphatic hydroxyl groups excluding tert-OH is 3. The molecule has 1 rings (SSSR count). The third-order valence-electron chi connectivity index (χ3n) is 6.81. The molecule has 0 amide bonds. The van der Waals surface area contributed by atoms with Crippen LogP contribution in [0.4, 0.5) is 0 Å². The molecule has 270 valence electrons. The van der Waals surface area contributed by atoms with E-state index < -0.39 is 60.1 Å². The van der Waals surface area contributed by atoms with Gasteiger partial charge in [-0.25, -0.2) is 13.7 Å². The van der Waals surface area contributed by atoms with Gasteiger partial charge in [-0.15, -0.1) is 0 Å². The topological polar surface area (TPSA) is 289 Å². The molecule has 0 aromatic carbocycles. The predicted molar refractivity (Wildman–Crippen MR) is 157 cm³/mol. The van der Waals surface area contributed by atoms with Crippen molar-refractivity contribution in [1.82, 2.24) is 0 Å². The van der Waals surface area contributed by atoms with Gasteiger partial charge in [0.1, 0.15) is 36.6 Å². The fourth-order valence-electron chi connectivity index (χ4n) is 4.89. The molecule has 0 aromatic heterocycles. The summed E-state index contributed by atoms with van der Waals surface area (Å²) >= 11 is 0. The summed E-state index contributed by atoms with van der Waals surface area (Å²) in [7, 11) is -16.5. The van der Waals surface area contributed by atoms with Gasteiger partial charge in [-0.05, 0) is 38.5 Å². The Morgan fingerprint density at radius 3 is 0.822 bits per heavy atom. The second-order valence-electron chi connectivity index (χ2n) is 10.6. The highest BCUT2D eigenvalue weighted by Gasteiger charge is 2.59. The van der Waals surface area contributed by atoms with Crippen LogP contribution in [0.1, 0.15) is 77.0 Å². The number of rotatable bonds is 27. The maximum Gasteiger partial charge on any atom is 0.470 e. The van der Waals surface area contributed by atoms with Crippen molar-refractivity contribution < 1.29 is 86.2 Å². The van der Waals surface area contributed by atoms with Gasteiger partial charge in [0.05, 0.1) is 0 Å². The van der Waals surface area contributed by atoms with Crippen LogP contribution >= 0.6 is 23.5 Å². The molecule has 18 nitrogen and oxygen atoms in total. The van der Waals surface area contributed by atoms with E-state index in [-0.39, 0.29) is 39.6 Å². The molecule has 0 bridgehead atoms. The zero-order valence-electron chi connectivity index (χ0n) is 25.2. The second kappa shape index (κ2) is 22.7. The lowest BCUT2D eigenvalue weighted by Crippen LogP contribution is -2.67. The van der Waals surface area contributed by atoms with Crippen molar-refractivity contribution >= 4 is 23.5 Å². The van der Waals surface area contributed by atoms with E-state index in [1.165, 1.54) is 0 Å². The fraction of sp³-hybridized carbons (Fsp3) is 1.00. The van der Waals surface area contributed by atoms with E-state index in [0.29, 0.717) is 77.0 Å². The quantitative estimate of drug-likeness (QED) is 0.0426. The van der Waals surface area contributed by atoms with Crippen molar-refractivity contribution in [3.05, 3.63) is 0 Å². The van der Waals surface area contributed by atoms with Crippen LogP contribution in [0.2, 0.25) is 0 Å². The van der Waals surface area contributed by atoms with E-state index in [0.717, 1.165) is 0 Å². The molecule has 0 saturated heterocycles. The Kier molecular flexibility index (Phi) is 21.7. The van der Waals surface area contributed by atoms with E-state index in [4.69, 9.17) is 43.1 Å². The van der Waals surface area contributed by atoms with Crippen LogP contribution in [0.25, 0.3) is 0 Å². The van der Waals surface area contributed by atoms with Crippen LogP contribution in [0.5, 0.6) is 0 Å². The van der Waals surface area contributed by atoms with Gasteiger partial charge in [0.2, 0.25) is 0 Å². The summed E-state index contributed by atoms with van der Waals surface area (Å²) in [5.74, 6) is 0. The lowest BCUT2D eigenvalue weighted by Gasteiger charge is -2.49. The number of phosphoric ester groups is 3. The van der Waals surface area contributed by atoms with Gasteiger partial charge < -0.3 is 58.9 Å². The van der Waals surface area contributed by atoms with Gasteiger partial charge in [-0.3, -0.25) is 13.6 Å². The first-order valence-electron chi connectivity index (χ1n) is 15.0. The third kappa shape index (κ3) is 19.6. The molecule has 1 aliphatic rings. The Labute approximate surface area is 263 Å². The molecule has 45 heavy (non-hydrogen) atoms. The highest BCUT2D eigenvalue weighted by Crippen LogP contribution is 2.51. The van der Waals surface area contributed by atoms with Crippen molar-refractivity contribution in [2.45, 2.75) is 114 Å². The van der Waals surface area contributed by atoms with E-state index in [1.807, 2.05) is 0 Å². The summed E-state index contributed by atoms with van der Waals surface area (Å²) in [6.45, 7) is -0.162. The summed E-state index contributed by atoms with van der Waals surface area (Å²) in [6.07, 6.45) is -4.24. The Morgan fingerprint density at radius 2 is 0.578 bits per heavy atom. The molecule has 0 spiro atoms. The van der Waals surface area contributed by atoms with Crippen LogP contribution < -0.4 is 0 Å². The molecule has 9 N–H and O–H groups in total. The van der Waals surface area contributed by atoms with E-state index in [2.05, 4.69) is 0 Å². The van der Waals surface area contributed by atoms with Crippen LogP contribution in [0.15, 0.2) is 0 Å². The summed E-state index contributed by atoms with van der Waals surface area (Å²) in [6, 6.07) is 0. The normalized spacial score (nSPS) is 24.7. The van der Waals surface area contributed by atoms with Gasteiger partial charge in [0.25, 0.3) is 0 Å². The van der Waals surface area contributed by atoms with Crippen LogP contribution in [-0.2, 0) is 41.5 Å². The molecule has 1 saturated carbocycles. The Bertz CT molecular complexity index is 858. The highest BCUT2D eigenvalue weighted by molar-refractivity contribution is 7.47. The molecule has 21 heteroatoms. The van der Waals surface area contributed by atoms with Gasteiger partial charge in [0, 0.05) is 39.6 Å². The number of aliphatic hydroxyl groups is 3. The Morgan fingerprint density at radius 1 is 0.356 bits per heavy atom. The smallest absolute Gasteiger partial charge is 0.396 e. The Balaban J connectivity index is 3.55. The standard InChI is InChI=1S/C24H51O18P3/c25-13-7-1-4-10-16-37-19-20(38-17-11-5-2-8-14-26)22(40-43(28,29)30)24(42-45(34,35)36)23(41-44(31,32)33)21(19)39-18-12-6-3-9-15-27/h19-27H,1-18H2,(H2,28,29,30)(H2,31,32,33)(H2,34,35,36). The summed E-state index contributed by atoms with van der Waals surface area (Å²) in [4.78, 5) is 58.4. The average molecular weight is 721 g/mol. The maximum absolute atomic E-state index is 12.1. The average Bonchev–Trinajstić information content (AvgIpc) is 2.92. The van der Waals surface area contributed by atoms with Crippen molar-refractivity contribution in [3.8, 4) is 0 Å². The van der Waals surface area contributed by atoms with E-state index in [9.17, 15) is 43.1 Å². The predicted octanol–water partition coefficient (Wildman–Crippen LogP) is 1.25. The van der Waals surface area contributed by atoms with Gasteiger partial charge >= 0.3 is 23.5 Å². The Hall–Kier alpha value is 0.0900. The van der Waals surface area contributed by atoms with Crippen molar-refractivity contribution in [2.75, 3.05) is 39.6 Å². The molecule has 0 aliphatic heterocycles. The molecule has 0 heterocycles. The lowest BCUT2D eigenvalue weighted by molar-refractivity contribution is -0.248. The molecule has 0 radical (unpaired) electrons. The largest absolute Gasteiger partial charge is 0.470 e. The van der Waals surface area contributed by atoms with Crippen molar-refractivity contribution in [2.24, 2.45) is 0 Å². The number of unbranched alkanes of at least 4 members (excludes halogenated alkanes) is 9. The van der Waals surface area contributed by atoms with Crippen molar-refractivity contribution in [3.63, 3.8) is 0 Å². The zero-order chi connectivity index (χ0) is 33.9. The van der Waals surface area contributed by atoms with Gasteiger partial charge in [-0.1, -0.05) is 38.5 Å². The second-order valence-corrected chi connectivity index (χ2v) is 14.2.